The summed E-state index contributed by atoms with van der Waals surface area (Å²) in [6.07, 6.45) is 9.52. The molecule has 0 bridgehead atoms. The molecule has 0 spiro atoms. The van der Waals surface area contributed by atoms with Gasteiger partial charge in [0.15, 0.2) is 0 Å². The molecular weight excluding hydrogens is 348 g/mol. The Labute approximate surface area is 148 Å². The first-order valence-corrected chi connectivity index (χ1v) is 9.47. The van der Waals surface area contributed by atoms with E-state index in [1.54, 1.807) is 0 Å². The second kappa shape index (κ2) is 6.47. The lowest BCUT2D eigenvalue weighted by atomic mass is 9.78. The van der Waals surface area contributed by atoms with Crippen molar-refractivity contribution >= 4 is 15.9 Å². The standard InChI is InChI=1S/C21H27BrO/c1-14-9-11-16(12-10-14)18(13-21(3,4)22)20-15(2)17-7-5-6-8-19(17)23-20/h5-9,11-12,14-15,18,20H,10,13H2,1-4H3. The lowest BCUT2D eigenvalue weighted by Crippen LogP contribution is -2.33. The number of benzene rings is 1. The van der Waals surface area contributed by atoms with Gasteiger partial charge in [0, 0.05) is 21.7 Å². The fraction of sp³-hybridized carbons (Fsp3) is 0.524. The van der Waals surface area contributed by atoms with Crippen LogP contribution in [0.1, 0.15) is 52.0 Å². The highest BCUT2D eigenvalue weighted by atomic mass is 79.9. The zero-order valence-electron chi connectivity index (χ0n) is 14.6. The summed E-state index contributed by atoms with van der Waals surface area (Å²) < 4.78 is 6.52. The van der Waals surface area contributed by atoms with Crippen LogP contribution in [-0.2, 0) is 0 Å². The van der Waals surface area contributed by atoms with Gasteiger partial charge in [0.1, 0.15) is 11.9 Å². The summed E-state index contributed by atoms with van der Waals surface area (Å²) in [4.78, 5) is 0. The zero-order valence-corrected chi connectivity index (χ0v) is 16.1. The van der Waals surface area contributed by atoms with Gasteiger partial charge in [-0.1, -0.05) is 80.1 Å². The van der Waals surface area contributed by atoms with Crippen LogP contribution in [0.3, 0.4) is 0 Å². The van der Waals surface area contributed by atoms with Gasteiger partial charge in [-0.05, 0) is 30.4 Å². The van der Waals surface area contributed by atoms with Crippen LogP contribution < -0.4 is 4.74 Å². The van der Waals surface area contributed by atoms with Crippen LogP contribution >= 0.6 is 15.9 Å². The number of allylic oxidation sites excluding steroid dienone is 3. The van der Waals surface area contributed by atoms with Crippen molar-refractivity contribution in [3.05, 3.63) is 53.6 Å². The quantitative estimate of drug-likeness (QED) is 0.565. The van der Waals surface area contributed by atoms with Crippen molar-refractivity contribution < 1.29 is 4.74 Å². The molecule has 1 aromatic carbocycles. The molecule has 2 heteroatoms. The van der Waals surface area contributed by atoms with Crippen molar-refractivity contribution in [3.63, 3.8) is 0 Å². The number of fused-ring (bicyclic) bond motifs is 1. The molecule has 0 fully saturated rings. The van der Waals surface area contributed by atoms with E-state index in [0.29, 0.717) is 17.8 Å². The number of para-hydroxylation sites is 1. The fourth-order valence-corrected chi connectivity index (χ4v) is 4.13. The molecule has 4 unspecified atom stereocenters. The first-order valence-electron chi connectivity index (χ1n) is 8.68. The second-order valence-corrected chi connectivity index (χ2v) is 9.86. The van der Waals surface area contributed by atoms with Gasteiger partial charge in [-0.3, -0.25) is 0 Å². The predicted octanol–water partition coefficient (Wildman–Crippen LogP) is 6.25. The molecule has 1 aromatic rings. The van der Waals surface area contributed by atoms with E-state index in [2.05, 4.69) is 86.1 Å². The van der Waals surface area contributed by atoms with E-state index < -0.39 is 0 Å². The molecule has 2 aliphatic rings. The summed E-state index contributed by atoms with van der Waals surface area (Å²) in [5, 5.41) is 0. The Morgan fingerprint density at radius 2 is 2.00 bits per heavy atom. The number of halogens is 1. The molecular formula is C21H27BrO. The lowest BCUT2D eigenvalue weighted by Gasteiger charge is -2.33. The molecule has 0 amide bonds. The van der Waals surface area contributed by atoms with Gasteiger partial charge in [0.2, 0.25) is 0 Å². The highest BCUT2D eigenvalue weighted by molar-refractivity contribution is 9.10. The van der Waals surface area contributed by atoms with E-state index in [9.17, 15) is 0 Å². The third kappa shape index (κ3) is 3.74. The molecule has 1 heterocycles. The number of rotatable bonds is 4. The molecule has 0 aromatic heterocycles. The number of hydrogen-bond donors (Lipinski definition) is 0. The van der Waals surface area contributed by atoms with E-state index in [4.69, 9.17) is 4.74 Å². The average molecular weight is 375 g/mol. The zero-order chi connectivity index (χ0) is 16.6. The molecule has 1 aliphatic heterocycles. The van der Waals surface area contributed by atoms with Crippen molar-refractivity contribution in [2.24, 2.45) is 11.8 Å². The Kier molecular flexibility index (Phi) is 4.73. The van der Waals surface area contributed by atoms with Crippen molar-refractivity contribution in [1.82, 2.24) is 0 Å². The minimum Gasteiger partial charge on any atom is -0.489 e. The van der Waals surface area contributed by atoms with Crippen LogP contribution in [0.2, 0.25) is 0 Å². The number of hydrogen-bond acceptors (Lipinski definition) is 1. The summed E-state index contributed by atoms with van der Waals surface area (Å²) in [5.41, 5.74) is 2.80. The second-order valence-electron chi connectivity index (χ2n) is 7.71. The Hall–Kier alpha value is -1.02. The minimum atomic E-state index is 0.104. The molecule has 23 heavy (non-hydrogen) atoms. The highest BCUT2D eigenvalue weighted by Crippen LogP contribution is 2.45. The Morgan fingerprint density at radius 3 is 2.61 bits per heavy atom. The Balaban J connectivity index is 1.89. The van der Waals surface area contributed by atoms with Crippen LogP contribution in [0, 0.1) is 11.8 Å². The summed E-state index contributed by atoms with van der Waals surface area (Å²) in [6.45, 7) is 9.09. The van der Waals surface area contributed by atoms with E-state index in [1.165, 1.54) is 11.1 Å². The van der Waals surface area contributed by atoms with Crippen LogP contribution in [0.15, 0.2) is 48.1 Å². The van der Waals surface area contributed by atoms with E-state index in [-0.39, 0.29) is 10.4 Å². The van der Waals surface area contributed by atoms with Crippen molar-refractivity contribution in [1.29, 1.82) is 0 Å². The van der Waals surface area contributed by atoms with Crippen molar-refractivity contribution in [2.45, 2.75) is 56.9 Å². The normalized spacial score (nSPS) is 28.0. The molecule has 0 N–H and O–H groups in total. The highest BCUT2D eigenvalue weighted by Gasteiger charge is 2.39. The van der Waals surface area contributed by atoms with E-state index in [0.717, 1.165) is 18.6 Å². The molecule has 1 aliphatic carbocycles. The van der Waals surface area contributed by atoms with E-state index in [1.807, 2.05) is 0 Å². The summed E-state index contributed by atoms with van der Waals surface area (Å²) in [7, 11) is 0. The number of alkyl halides is 1. The molecule has 4 atom stereocenters. The third-order valence-corrected chi connectivity index (χ3v) is 5.36. The van der Waals surface area contributed by atoms with Crippen LogP contribution in [0.4, 0.5) is 0 Å². The molecule has 1 nitrogen and oxygen atoms in total. The van der Waals surface area contributed by atoms with Gasteiger partial charge in [-0.2, -0.15) is 0 Å². The maximum absolute atomic E-state index is 6.41. The summed E-state index contributed by atoms with van der Waals surface area (Å²) >= 11 is 3.85. The molecule has 0 saturated carbocycles. The van der Waals surface area contributed by atoms with Gasteiger partial charge < -0.3 is 4.74 Å². The Morgan fingerprint density at radius 1 is 1.26 bits per heavy atom. The summed E-state index contributed by atoms with van der Waals surface area (Å²) in [6, 6.07) is 8.50. The van der Waals surface area contributed by atoms with E-state index >= 15 is 0 Å². The molecule has 3 rings (SSSR count). The summed E-state index contributed by atoms with van der Waals surface area (Å²) in [5.74, 6) is 2.56. The Bertz CT molecular complexity index is 623. The largest absolute Gasteiger partial charge is 0.489 e. The first kappa shape index (κ1) is 16.8. The SMILES string of the molecule is CC1C=CC(C(CC(C)(C)Br)C2Oc3ccccc3C2C)=CC1. The maximum Gasteiger partial charge on any atom is 0.123 e. The van der Waals surface area contributed by atoms with Gasteiger partial charge in [0.25, 0.3) is 0 Å². The third-order valence-electron chi connectivity index (χ3n) is 5.04. The van der Waals surface area contributed by atoms with Gasteiger partial charge in [0.05, 0.1) is 0 Å². The van der Waals surface area contributed by atoms with Crippen molar-refractivity contribution in [2.75, 3.05) is 0 Å². The van der Waals surface area contributed by atoms with Gasteiger partial charge >= 0.3 is 0 Å². The average Bonchev–Trinajstić information content (AvgIpc) is 2.82. The van der Waals surface area contributed by atoms with Crippen LogP contribution in [-0.4, -0.2) is 10.4 Å². The van der Waals surface area contributed by atoms with Gasteiger partial charge in [-0.25, -0.2) is 0 Å². The topological polar surface area (TPSA) is 9.23 Å². The number of ether oxygens (including phenoxy) is 1. The minimum absolute atomic E-state index is 0.104. The fourth-order valence-electron chi connectivity index (χ4n) is 3.79. The molecule has 0 saturated heterocycles. The maximum atomic E-state index is 6.41. The first-order chi connectivity index (χ1) is 10.8. The molecule has 124 valence electrons. The van der Waals surface area contributed by atoms with Crippen molar-refractivity contribution in [3.8, 4) is 5.75 Å². The van der Waals surface area contributed by atoms with Gasteiger partial charge in [-0.15, -0.1) is 0 Å². The monoisotopic (exact) mass is 374 g/mol. The van der Waals surface area contributed by atoms with Crippen LogP contribution in [0.25, 0.3) is 0 Å². The van der Waals surface area contributed by atoms with Crippen LogP contribution in [0.5, 0.6) is 5.75 Å². The lowest BCUT2D eigenvalue weighted by molar-refractivity contribution is 0.148. The predicted molar refractivity (Wildman–Crippen MR) is 101 cm³/mol. The smallest absolute Gasteiger partial charge is 0.123 e. The molecule has 0 radical (unpaired) electrons.